The van der Waals surface area contributed by atoms with E-state index in [0.29, 0.717) is 36.8 Å². The summed E-state index contributed by atoms with van der Waals surface area (Å²) in [6, 6.07) is 5.74. The number of carbonyl (C=O) groups is 2. The van der Waals surface area contributed by atoms with Gasteiger partial charge in [0.1, 0.15) is 0 Å². The highest BCUT2D eigenvalue weighted by molar-refractivity contribution is 7.15. The van der Waals surface area contributed by atoms with Crippen molar-refractivity contribution in [3.05, 3.63) is 45.5 Å². The van der Waals surface area contributed by atoms with Gasteiger partial charge < -0.3 is 9.64 Å². The van der Waals surface area contributed by atoms with Gasteiger partial charge in [-0.2, -0.15) is 0 Å². The van der Waals surface area contributed by atoms with E-state index < -0.39 is 0 Å². The van der Waals surface area contributed by atoms with Gasteiger partial charge in [0.25, 0.3) is 5.91 Å². The van der Waals surface area contributed by atoms with E-state index in [2.05, 4.69) is 10.3 Å². The standard InChI is InChI=1S/C18H21N3O3S/c1-4-24-18(23)21-8-7-14-15(10-21)25-17(19-14)20-16(22)13-6-5-11(2)9-12(13)3/h5-6,9H,4,7-8,10H2,1-3H3,(H,19,20,22). The first-order valence-electron chi connectivity index (χ1n) is 8.26. The molecule has 3 rings (SSSR count). The number of nitrogens with zero attached hydrogens (tertiary/aromatic N) is 2. The lowest BCUT2D eigenvalue weighted by Crippen LogP contribution is -2.35. The number of rotatable bonds is 3. The molecule has 0 saturated heterocycles. The summed E-state index contributed by atoms with van der Waals surface area (Å²) in [5.41, 5.74) is 3.65. The van der Waals surface area contributed by atoms with Crippen LogP contribution in [0.5, 0.6) is 0 Å². The third kappa shape index (κ3) is 3.82. The predicted octanol–water partition coefficient (Wildman–Crippen LogP) is 3.53. The molecule has 6 nitrogen and oxygen atoms in total. The minimum atomic E-state index is -0.303. The van der Waals surface area contributed by atoms with Crippen LogP contribution in [-0.4, -0.2) is 35.0 Å². The van der Waals surface area contributed by atoms with Crippen molar-refractivity contribution in [2.24, 2.45) is 0 Å². The van der Waals surface area contributed by atoms with Gasteiger partial charge in [-0.05, 0) is 32.4 Å². The molecule has 1 aromatic heterocycles. The summed E-state index contributed by atoms with van der Waals surface area (Å²) in [4.78, 5) is 31.5. The Morgan fingerprint density at radius 1 is 1.36 bits per heavy atom. The minimum Gasteiger partial charge on any atom is -0.450 e. The van der Waals surface area contributed by atoms with Crippen LogP contribution in [0.2, 0.25) is 0 Å². The second kappa shape index (κ2) is 7.23. The molecule has 25 heavy (non-hydrogen) atoms. The lowest BCUT2D eigenvalue weighted by Gasteiger charge is -2.24. The number of carbonyl (C=O) groups excluding carboxylic acids is 2. The maximum absolute atomic E-state index is 12.5. The third-order valence-electron chi connectivity index (χ3n) is 4.10. The molecule has 0 unspecified atom stereocenters. The number of anilines is 1. The molecule has 0 aliphatic carbocycles. The van der Waals surface area contributed by atoms with Crippen molar-refractivity contribution in [1.82, 2.24) is 9.88 Å². The first-order valence-corrected chi connectivity index (χ1v) is 9.08. The molecule has 2 amide bonds. The second-order valence-corrected chi connectivity index (χ2v) is 7.12. The zero-order valence-corrected chi connectivity index (χ0v) is 15.4. The Morgan fingerprint density at radius 3 is 2.88 bits per heavy atom. The smallest absolute Gasteiger partial charge is 0.410 e. The van der Waals surface area contributed by atoms with Crippen molar-refractivity contribution in [2.45, 2.75) is 33.7 Å². The molecule has 2 heterocycles. The van der Waals surface area contributed by atoms with Gasteiger partial charge in [0.15, 0.2) is 5.13 Å². The molecule has 0 atom stereocenters. The fourth-order valence-electron chi connectivity index (χ4n) is 2.85. The first-order chi connectivity index (χ1) is 12.0. The number of aromatic nitrogens is 1. The van der Waals surface area contributed by atoms with Crippen LogP contribution in [0.15, 0.2) is 18.2 Å². The highest BCUT2D eigenvalue weighted by atomic mass is 32.1. The Kier molecular flexibility index (Phi) is 5.03. The number of amides is 2. The van der Waals surface area contributed by atoms with Crippen molar-refractivity contribution in [3.63, 3.8) is 0 Å². The second-order valence-electron chi connectivity index (χ2n) is 6.03. The summed E-state index contributed by atoms with van der Waals surface area (Å²) in [5, 5.41) is 3.45. The van der Waals surface area contributed by atoms with Crippen LogP contribution < -0.4 is 5.32 Å². The van der Waals surface area contributed by atoms with Crippen LogP contribution in [0, 0.1) is 13.8 Å². The van der Waals surface area contributed by atoms with Crippen molar-refractivity contribution in [1.29, 1.82) is 0 Å². The SMILES string of the molecule is CCOC(=O)N1CCc2nc(NC(=O)c3ccc(C)cc3C)sc2C1. The molecule has 7 heteroatoms. The Labute approximate surface area is 150 Å². The van der Waals surface area contributed by atoms with Gasteiger partial charge in [-0.15, -0.1) is 0 Å². The fraction of sp³-hybridized carbons (Fsp3) is 0.389. The van der Waals surface area contributed by atoms with Crippen LogP contribution in [0.3, 0.4) is 0 Å². The summed E-state index contributed by atoms with van der Waals surface area (Å²) in [5.74, 6) is -0.161. The Bertz CT molecular complexity index is 816. The number of ether oxygens (including phenoxy) is 1. The quantitative estimate of drug-likeness (QED) is 0.910. The highest BCUT2D eigenvalue weighted by Crippen LogP contribution is 2.29. The number of thiazole rings is 1. The van der Waals surface area contributed by atoms with E-state index in [0.717, 1.165) is 21.7 Å². The fourth-order valence-corrected chi connectivity index (χ4v) is 3.87. The average molecular weight is 359 g/mol. The normalized spacial score (nSPS) is 13.3. The van der Waals surface area contributed by atoms with E-state index in [4.69, 9.17) is 4.74 Å². The molecule has 132 valence electrons. The van der Waals surface area contributed by atoms with E-state index in [-0.39, 0.29) is 12.0 Å². The van der Waals surface area contributed by atoms with E-state index >= 15 is 0 Å². The van der Waals surface area contributed by atoms with Crippen LogP contribution in [0.1, 0.15) is 39.0 Å². The molecule has 0 fully saturated rings. The van der Waals surface area contributed by atoms with Gasteiger partial charge in [0.2, 0.25) is 0 Å². The van der Waals surface area contributed by atoms with E-state index in [9.17, 15) is 9.59 Å². The van der Waals surface area contributed by atoms with Crippen LogP contribution in [0.25, 0.3) is 0 Å². The number of benzene rings is 1. The summed E-state index contributed by atoms with van der Waals surface area (Å²) in [7, 11) is 0. The summed E-state index contributed by atoms with van der Waals surface area (Å²) < 4.78 is 5.05. The summed E-state index contributed by atoms with van der Waals surface area (Å²) in [6.07, 6.45) is 0.367. The number of aryl methyl sites for hydroxylation is 2. The number of nitrogens with one attached hydrogen (secondary N) is 1. The molecule has 0 saturated carbocycles. The molecule has 1 aliphatic rings. The molecule has 1 aliphatic heterocycles. The maximum atomic E-state index is 12.5. The van der Waals surface area contributed by atoms with Crippen LogP contribution in [0.4, 0.5) is 9.93 Å². The minimum absolute atomic E-state index is 0.161. The lowest BCUT2D eigenvalue weighted by atomic mass is 10.1. The third-order valence-corrected chi connectivity index (χ3v) is 5.10. The monoisotopic (exact) mass is 359 g/mol. The van der Waals surface area contributed by atoms with E-state index in [1.54, 1.807) is 11.8 Å². The van der Waals surface area contributed by atoms with Gasteiger partial charge in [0, 0.05) is 23.4 Å². The molecule has 1 N–H and O–H groups in total. The molecule has 0 radical (unpaired) electrons. The highest BCUT2D eigenvalue weighted by Gasteiger charge is 2.25. The van der Waals surface area contributed by atoms with Crippen molar-refractivity contribution in [3.8, 4) is 0 Å². The maximum Gasteiger partial charge on any atom is 0.410 e. The Hall–Kier alpha value is -2.41. The molecule has 0 spiro atoms. The number of hydrogen-bond donors (Lipinski definition) is 1. The van der Waals surface area contributed by atoms with Crippen LogP contribution >= 0.6 is 11.3 Å². The van der Waals surface area contributed by atoms with Crippen LogP contribution in [-0.2, 0) is 17.7 Å². The summed E-state index contributed by atoms with van der Waals surface area (Å²) in [6.45, 7) is 7.14. The Balaban J connectivity index is 1.71. The topological polar surface area (TPSA) is 71.5 Å². The molecule has 1 aromatic carbocycles. The molecular formula is C18H21N3O3S. The lowest BCUT2D eigenvalue weighted by molar-refractivity contribution is 0.102. The largest absolute Gasteiger partial charge is 0.450 e. The first kappa shape index (κ1) is 17.4. The van der Waals surface area contributed by atoms with Gasteiger partial charge in [0.05, 0.1) is 18.8 Å². The zero-order valence-electron chi connectivity index (χ0n) is 14.6. The van der Waals surface area contributed by atoms with E-state index in [1.807, 2.05) is 32.0 Å². The van der Waals surface area contributed by atoms with Gasteiger partial charge >= 0.3 is 6.09 Å². The molecular weight excluding hydrogens is 338 g/mol. The summed E-state index contributed by atoms with van der Waals surface area (Å²) >= 11 is 1.41. The number of hydrogen-bond acceptors (Lipinski definition) is 5. The van der Waals surface area contributed by atoms with Gasteiger partial charge in [-0.25, -0.2) is 9.78 Å². The van der Waals surface area contributed by atoms with Gasteiger partial charge in [-0.1, -0.05) is 29.0 Å². The number of fused-ring (bicyclic) bond motifs is 1. The van der Waals surface area contributed by atoms with Gasteiger partial charge in [-0.3, -0.25) is 10.1 Å². The molecule has 2 aromatic rings. The predicted molar refractivity (Wildman–Crippen MR) is 97.1 cm³/mol. The van der Waals surface area contributed by atoms with Crippen molar-refractivity contribution < 1.29 is 14.3 Å². The van der Waals surface area contributed by atoms with Crippen molar-refractivity contribution in [2.75, 3.05) is 18.5 Å². The Morgan fingerprint density at radius 2 is 2.16 bits per heavy atom. The average Bonchev–Trinajstić information content (AvgIpc) is 2.96. The van der Waals surface area contributed by atoms with Crippen molar-refractivity contribution >= 4 is 28.5 Å². The van der Waals surface area contributed by atoms with E-state index in [1.165, 1.54) is 11.3 Å². The molecule has 0 bridgehead atoms. The zero-order chi connectivity index (χ0) is 18.0.